The van der Waals surface area contributed by atoms with E-state index < -0.39 is 0 Å². The van der Waals surface area contributed by atoms with Gasteiger partial charge >= 0.3 is 5.97 Å². The summed E-state index contributed by atoms with van der Waals surface area (Å²) in [4.78, 5) is 10.7. The van der Waals surface area contributed by atoms with Crippen molar-refractivity contribution in [1.82, 2.24) is 0 Å². The Kier molecular flexibility index (Phi) is 15.3. The fraction of sp³-hybridized carbons (Fsp3) is 0.800. The fourth-order valence-electron chi connectivity index (χ4n) is 0.752. The van der Waals surface area contributed by atoms with Crippen molar-refractivity contribution in [2.24, 2.45) is 0 Å². The summed E-state index contributed by atoms with van der Waals surface area (Å²) in [6, 6.07) is 0. The molecule has 0 saturated carbocycles. The Balaban J connectivity index is 0. The van der Waals surface area contributed by atoms with Gasteiger partial charge in [-0.1, -0.05) is 33.6 Å². The zero-order chi connectivity index (χ0) is 9.82. The van der Waals surface area contributed by atoms with Gasteiger partial charge in [0.15, 0.2) is 0 Å². The summed E-state index contributed by atoms with van der Waals surface area (Å²) in [6.45, 7) is 9.45. The summed E-state index contributed by atoms with van der Waals surface area (Å²) in [5.74, 6) is -0.0593. The van der Waals surface area contributed by atoms with Gasteiger partial charge in [-0.25, -0.2) is 0 Å². The summed E-state index contributed by atoms with van der Waals surface area (Å²) >= 11 is 0. The van der Waals surface area contributed by atoms with Crippen molar-refractivity contribution < 1.29 is 9.53 Å². The molecule has 0 aromatic rings. The standard InChI is InChI=1S/C8H16O2.C2H5/c1-3-5-6-7-8(9)10-4-2;1-2/h3-7H2,1-2H3;1H2,2H3. The summed E-state index contributed by atoms with van der Waals surface area (Å²) < 4.78 is 4.75. The molecule has 0 aromatic heterocycles. The molecule has 12 heavy (non-hydrogen) atoms. The predicted octanol–water partition coefficient (Wildman–Crippen LogP) is 2.97. The average molecular weight is 173 g/mol. The Morgan fingerprint density at radius 3 is 2.25 bits per heavy atom. The van der Waals surface area contributed by atoms with E-state index in [1.807, 2.05) is 6.92 Å². The molecule has 73 valence electrons. The van der Waals surface area contributed by atoms with Crippen LogP contribution in [0, 0.1) is 6.92 Å². The van der Waals surface area contributed by atoms with Crippen LogP contribution in [0.1, 0.15) is 46.5 Å². The van der Waals surface area contributed by atoms with Crippen LogP contribution < -0.4 is 0 Å². The molecule has 0 amide bonds. The average Bonchev–Trinajstić information content (AvgIpc) is 2.09. The summed E-state index contributed by atoms with van der Waals surface area (Å²) in [6.07, 6.45) is 3.83. The van der Waals surface area contributed by atoms with E-state index in [0.29, 0.717) is 13.0 Å². The molecule has 2 nitrogen and oxygen atoms in total. The van der Waals surface area contributed by atoms with E-state index in [9.17, 15) is 4.79 Å². The Morgan fingerprint density at radius 1 is 1.25 bits per heavy atom. The van der Waals surface area contributed by atoms with Crippen LogP contribution in [-0.4, -0.2) is 12.6 Å². The molecule has 0 rings (SSSR count). The van der Waals surface area contributed by atoms with E-state index in [0.717, 1.165) is 19.3 Å². The molecule has 0 aliphatic rings. The van der Waals surface area contributed by atoms with Gasteiger partial charge in [-0.15, -0.1) is 0 Å². The minimum Gasteiger partial charge on any atom is -0.466 e. The first-order valence-electron chi connectivity index (χ1n) is 4.67. The van der Waals surface area contributed by atoms with E-state index in [4.69, 9.17) is 4.74 Å². The van der Waals surface area contributed by atoms with Crippen LogP contribution >= 0.6 is 0 Å². The molecular weight excluding hydrogens is 152 g/mol. The van der Waals surface area contributed by atoms with Gasteiger partial charge in [-0.05, 0) is 13.3 Å². The Hall–Kier alpha value is -0.530. The lowest BCUT2D eigenvalue weighted by Crippen LogP contribution is -2.02. The van der Waals surface area contributed by atoms with E-state index >= 15 is 0 Å². The highest BCUT2D eigenvalue weighted by Crippen LogP contribution is 1.99. The topological polar surface area (TPSA) is 26.3 Å². The molecule has 0 unspecified atom stereocenters. The number of rotatable bonds is 5. The third-order valence-electron chi connectivity index (χ3n) is 1.29. The third-order valence-corrected chi connectivity index (χ3v) is 1.29. The molecule has 0 N–H and O–H groups in total. The molecule has 0 saturated heterocycles. The van der Waals surface area contributed by atoms with Crippen molar-refractivity contribution in [2.75, 3.05) is 6.61 Å². The summed E-state index contributed by atoms with van der Waals surface area (Å²) in [5.41, 5.74) is 0. The maximum Gasteiger partial charge on any atom is 0.305 e. The smallest absolute Gasteiger partial charge is 0.305 e. The quantitative estimate of drug-likeness (QED) is 0.472. The highest BCUT2D eigenvalue weighted by Gasteiger charge is 1.98. The lowest BCUT2D eigenvalue weighted by atomic mass is 10.2. The Morgan fingerprint density at radius 2 is 1.83 bits per heavy atom. The number of unbranched alkanes of at least 4 members (excludes halogenated alkanes) is 2. The van der Waals surface area contributed by atoms with Gasteiger partial charge in [-0.2, -0.15) is 0 Å². The molecule has 1 radical (unpaired) electrons. The van der Waals surface area contributed by atoms with Gasteiger partial charge in [0, 0.05) is 6.42 Å². The number of carbonyl (C=O) groups is 1. The van der Waals surface area contributed by atoms with E-state index in [-0.39, 0.29) is 5.97 Å². The van der Waals surface area contributed by atoms with Crippen LogP contribution in [0.4, 0.5) is 0 Å². The van der Waals surface area contributed by atoms with Crippen molar-refractivity contribution in [3.8, 4) is 0 Å². The largest absolute Gasteiger partial charge is 0.466 e. The minimum absolute atomic E-state index is 0.0593. The highest BCUT2D eigenvalue weighted by molar-refractivity contribution is 5.69. The monoisotopic (exact) mass is 173 g/mol. The van der Waals surface area contributed by atoms with Crippen LogP contribution in [0.2, 0.25) is 0 Å². The number of ether oxygens (including phenoxy) is 1. The first kappa shape index (κ1) is 14.0. The van der Waals surface area contributed by atoms with Gasteiger partial charge in [0.05, 0.1) is 6.61 Å². The number of hydrogen-bond acceptors (Lipinski definition) is 2. The van der Waals surface area contributed by atoms with Crippen molar-refractivity contribution in [3.63, 3.8) is 0 Å². The van der Waals surface area contributed by atoms with Gasteiger partial charge in [0.2, 0.25) is 0 Å². The lowest BCUT2D eigenvalue weighted by molar-refractivity contribution is -0.143. The molecule has 0 atom stereocenters. The number of carbonyl (C=O) groups excluding carboxylic acids is 1. The van der Waals surface area contributed by atoms with Crippen LogP contribution in [0.5, 0.6) is 0 Å². The van der Waals surface area contributed by atoms with Gasteiger partial charge < -0.3 is 4.74 Å². The fourth-order valence-corrected chi connectivity index (χ4v) is 0.752. The van der Waals surface area contributed by atoms with Crippen LogP contribution in [0.25, 0.3) is 0 Å². The van der Waals surface area contributed by atoms with E-state index in [1.54, 1.807) is 6.92 Å². The third kappa shape index (κ3) is 12.2. The minimum atomic E-state index is -0.0593. The molecule has 0 fully saturated rings. The molecule has 0 spiro atoms. The number of esters is 1. The second kappa shape index (κ2) is 13.1. The van der Waals surface area contributed by atoms with Crippen molar-refractivity contribution >= 4 is 5.97 Å². The van der Waals surface area contributed by atoms with Gasteiger partial charge in [0.25, 0.3) is 0 Å². The first-order chi connectivity index (χ1) is 5.81. The molecule has 0 heterocycles. The van der Waals surface area contributed by atoms with Crippen LogP contribution in [-0.2, 0) is 9.53 Å². The summed E-state index contributed by atoms with van der Waals surface area (Å²) in [5, 5.41) is 0. The van der Waals surface area contributed by atoms with Gasteiger partial charge in [0.1, 0.15) is 0 Å². The molecule has 0 aromatic carbocycles. The lowest BCUT2D eigenvalue weighted by Gasteiger charge is -1.99. The molecule has 0 aliphatic heterocycles. The van der Waals surface area contributed by atoms with Crippen molar-refractivity contribution in [2.45, 2.75) is 46.5 Å². The number of hydrogen-bond donors (Lipinski definition) is 0. The Labute approximate surface area is 76.3 Å². The second-order valence-electron chi connectivity index (χ2n) is 2.26. The first-order valence-corrected chi connectivity index (χ1v) is 4.67. The second-order valence-corrected chi connectivity index (χ2v) is 2.26. The zero-order valence-corrected chi connectivity index (χ0v) is 8.56. The van der Waals surface area contributed by atoms with E-state index in [2.05, 4.69) is 13.8 Å². The van der Waals surface area contributed by atoms with E-state index in [1.165, 1.54) is 0 Å². The molecule has 0 aliphatic carbocycles. The molecule has 2 heteroatoms. The zero-order valence-electron chi connectivity index (χ0n) is 8.56. The molecule has 0 bridgehead atoms. The predicted molar refractivity (Wildman–Crippen MR) is 51.8 cm³/mol. The van der Waals surface area contributed by atoms with Crippen molar-refractivity contribution in [1.29, 1.82) is 0 Å². The summed E-state index contributed by atoms with van der Waals surface area (Å²) in [7, 11) is 0. The normalized spacial score (nSPS) is 8.33. The Bertz CT molecular complexity index is 89.8. The molecular formula is C10H21O2. The maximum atomic E-state index is 10.7. The van der Waals surface area contributed by atoms with Crippen LogP contribution in [0.3, 0.4) is 0 Å². The highest BCUT2D eigenvalue weighted by atomic mass is 16.5. The van der Waals surface area contributed by atoms with Crippen molar-refractivity contribution in [3.05, 3.63) is 6.92 Å². The SMILES string of the molecule is CCCCCC(=O)OCC.[CH2]C. The maximum absolute atomic E-state index is 10.7. The van der Waals surface area contributed by atoms with Crippen LogP contribution in [0.15, 0.2) is 0 Å². The van der Waals surface area contributed by atoms with Gasteiger partial charge in [-0.3, -0.25) is 4.79 Å².